The largest absolute Gasteiger partial charge is 0.493 e. The van der Waals surface area contributed by atoms with Gasteiger partial charge in [-0.25, -0.2) is 4.79 Å². The van der Waals surface area contributed by atoms with Gasteiger partial charge in [0.15, 0.2) is 11.5 Å². The topological polar surface area (TPSA) is 88.1 Å². The fraction of sp³-hybridized carbons (Fsp3) is 0.600. The van der Waals surface area contributed by atoms with Gasteiger partial charge in [-0.1, -0.05) is 13.0 Å². The van der Waals surface area contributed by atoms with Crippen molar-refractivity contribution in [1.29, 1.82) is 0 Å². The van der Waals surface area contributed by atoms with Gasteiger partial charge >= 0.3 is 12.0 Å². The molecule has 27 heavy (non-hydrogen) atoms. The highest BCUT2D eigenvalue weighted by molar-refractivity contribution is 5.76. The van der Waals surface area contributed by atoms with Gasteiger partial charge in [-0.05, 0) is 50.3 Å². The first-order valence-corrected chi connectivity index (χ1v) is 9.40. The molecule has 1 aromatic rings. The van der Waals surface area contributed by atoms with Crippen LogP contribution in [0.5, 0.6) is 11.5 Å². The number of nitrogens with one attached hydrogen (secondary N) is 1. The molecule has 2 rings (SSSR count). The minimum Gasteiger partial charge on any atom is -0.493 e. The highest BCUT2D eigenvalue weighted by Gasteiger charge is 2.21. The third-order valence-electron chi connectivity index (χ3n) is 4.94. The van der Waals surface area contributed by atoms with Crippen molar-refractivity contribution >= 4 is 12.0 Å². The number of ether oxygens (including phenoxy) is 2. The van der Waals surface area contributed by atoms with E-state index in [0.29, 0.717) is 5.75 Å². The van der Waals surface area contributed by atoms with Crippen LogP contribution >= 0.6 is 0 Å². The lowest BCUT2D eigenvalue weighted by atomic mass is 10.1. The van der Waals surface area contributed by atoms with Gasteiger partial charge in [0.1, 0.15) is 0 Å². The number of aliphatic carboxylic acids is 1. The summed E-state index contributed by atoms with van der Waals surface area (Å²) in [6.45, 7) is 3.59. The van der Waals surface area contributed by atoms with Crippen LogP contribution in [-0.4, -0.2) is 48.8 Å². The molecule has 0 spiro atoms. The number of carbonyl (C=O) groups excluding carboxylic acids is 1. The highest BCUT2D eigenvalue weighted by Crippen LogP contribution is 2.33. The zero-order valence-corrected chi connectivity index (χ0v) is 16.5. The molecule has 1 saturated carbocycles. The van der Waals surface area contributed by atoms with Crippen molar-refractivity contribution in [2.45, 2.75) is 51.7 Å². The Morgan fingerprint density at radius 1 is 1.26 bits per heavy atom. The number of urea groups is 1. The van der Waals surface area contributed by atoms with Crippen LogP contribution < -0.4 is 14.8 Å². The van der Waals surface area contributed by atoms with E-state index in [9.17, 15) is 9.59 Å². The molecule has 1 aromatic carbocycles. The van der Waals surface area contributed by atoms with Crippen LogP contribution in [0.25, 0.3) is 0 Å². The molecule has 1 aliphatic carbocycles. The second kappa shape index (κ2) is 9.48. The van der Waals surface area contributed by atoms with Crippen molar-refractivity contribution in [2.24, 2.45) is 5.92 Å². The minimum absolute atomic E-state index is 0.144. The minimum atomic E-state index is -0.926. The number of carbonyl (C=O) groups is 2. The van der Waals surface area contributed by atoms with Crippen LogP contribution in [0.4, 0.5) is 4.79 Å². The number of hydrogen-bond donors (Lipinski definition) is 2. The maximum Gasteiger partial charge on any atom is 0.317 e. The van der Waals surface area contributed by atoms with Crippen LogP contribution in [0, 0.1) is 5.92 Å². The lowest BCUT2D eigenvalue weighted by Crippen LogP contribution is -2.41. The van der Waals surface area contributed by atoms with E-state index in [1.807, 2.05) is 25.1 Å². The lowest BCUT2D eigenvalue weighted by molar-refractivity contribution is -0.141. The van der Waals surface area contributed by atoms with Crippen LogP contribution in [0.3, 0.4) is 0 Å². The first-order valence-electron chi connectivity index (χ1n) is 9.40. The summed E-state index contributed by atoms with van der Waals surface area (Å²) in [5, 5.41) is 11.9. The van der Waals surface area contributed by atoms with Crippen molar-refractivity contribution in [3.63, 3.8) is 0 Å². The van der Waals surface area contributed by atoms with Crippen LogP contribution in [-0.2, 0) is 4.79 Å². The zero-order chi connectivity index (χ0) is 20.0. The fourth-order valence-corrected chi connectivity index (χ4v) is 3.19. The number of hydrogen-bond acceptors (Lipinski definition) is 4. The second-order valence-electron chi connectivity index (χ2n) is 7.23. The number of methoxy groups -OCH3 is 1. The number of amides is 2. The Bertz CT molecular complexity index is 658. The molecule has 2 N–H and O–H groups in total. The van der Waals surface area contributed by atoms with E-state index in [0.717, 1.165) is 24.2 Å². The molecule has 2 unspecified atom stereocenters. The highest BCUT2D eigenvalue weighted by atomic mass is 16.5. The summed E-state index contributed by atoms with van der Waals surface area (Å²) in [5.41, 5.74) is 0.888. The van der Waals surface area contributed by atoms with Gasteiger partial charge in [0.2, 0.25) is 0 Å². The van der Waals surface area contributed by atoms with Crippen molar-refractivity contribution < 1.29 is 24.2 Å². The van der Waals surface area contributed by atoms with Gasteiger partial charge < -0.3 is 24.8 Å². The first-order chi connectivity index (χ1) is 12.8. The summed E-state index contributed by atoms with van der Waals surface area (Å²) in [6, 6.07) is 5.09. The normalized spacial score (nSPS) is 16.4. The smallest absolute Gasteiger partial charge is 0.317 e. The van der Waals surface area contributed by atoms with Gasteiger partial charge in [-0.15, -0.1) is 0 Å². The van der Waals surface area contributed by atoms with Crippen molar-refractivity contribution in [3.05, 3.63) is 23.8 Å². The Balaban J connectivity index is 1.99. The van der Waals surface area contributed by atoms with E-state index in [-0.39, 0.29) is 24.7 Å². The molecule has 1 fully saturated rings. The Kier molecular flexibility index (Phi) is 7.33. The van der Waals surface area contributed by atoms with Crippen LogP contribution in [0.1, 0.15) is 51.1 Å². The van der Waals surface area contributed by atoms with Gasteiger partial charge in [0, 0.05) is 13.6 Å². The average Bonchev–Trinajstić information content (AvgIpc) is 3.14. The second-order valence-corrected chi connectivity index (χ2v) is 7.23. The lowest BCUT2D eigenvalue weighted by Gasteiger charge is -2.23. The Labute approximate surface area is 160 Å². The number of rotatable bonds is 8. The maximum absolute atomic E-state index is 12.3. The fourth-order valence-electron chi connectivity index (χ4n) is 3.19. The van der Waals surface area contributed by atoms with E-state index in [2.05, 4.69) is 5.32 Å². The molecule has 0 aliphatic heterocycles. The maximum atomic E-state index is 12.3. The molecular weight excluding hydrogens is 348 g/mol. The van der Waals surface area contributed by atoms with Crippen molar-refractivity contribution in [2.75, 3.05) is 20.7 Å². The third-order valence-corrected chi connectivity index (χ3v) is 4.94. The molecule has 0 aromatic heterocycles. The van der Waals surface area contributed by atoms with Gasteiger partial charge in [-0.2, -0.15) is 0 Å². The molecule has 0 radical (unpaired) electrons. The molecule has 150 valence electrons. The predicted molar refractivity (Wildman–Crippen MR) is 102 cm³/mol. The average molecular weight is 378 g/mol. The van der Waals surface area contributed by atoms with E-state index in [1.54, 1.807) is 21.1 Å². The van der Waals surface area contributed by atoms with Crippen molar-refractivity contribution in [1.82, 2.24) is 10.2 Å². The van der Waals surface area contributed by atoms with Gasteiger partial charge in [0.25, 0.3) is 0 Å². The quantitative estimate of drug-likeness (QED) is 0.723. The Morgan fingerprint density at radius 3 is 2.52 bits per heavy atom. The summed E-state index contributed by atoms with van der Waals surface area (Å²) in [5.74, 6) is -0.180. The molecule has 7 nitrogen and oxygen atoms in total. The molecule has 7 heteroatoms. The summed E-state index contributed by atoms with van der Waals surface area (Å²) < 4.78 is 11.5. The monoisotopic (exact) mass is 378 g/mol. The Morgan fingerprint density at radius 2 is 1.93 bits per heavy atom. The number of benzene rings is 1. The summed E-state index contributed by atoms with van der Waals surface area (Å²) in [4.78, 5) is 24.6. The predicted octanol–water partition coefficient (Wildman–Crippen LogP) is 3.44. The molecule has 0 saturated heterocycles. The SMILES string of the molecule is COc1cc(C(C)NC(=O)N(C)CC(C)C(=O)O)ccc1OC1CCCC1. The summed E-state index contributed by atoms with van der Waals surface area (Å²) in [7, 11) is 3.19. The van der Waals surface area contributed by atoms with Gasteiger partial charge in [-0.3, -0.25) is 4.79 Å². The van der Waals surface area contributed by atoms with Crippen LogP contribution in [0.15, 0.2) is 18.2 Å². The molecule has 1 aliphatic rings. The summed E-state index contributed by atoms with van der Waals surface area (Å²) >= 11 is 0. The van der Waals surface area contributed by atoms with E-state index >= 15 is 0 Å². The first kappa shape index (κ1) is 20.9. The Hall–Kier alpha value is -2.44. The summed E-state index contributed by atoms with van der Waals surface area (Å²) in [6.07, 6.45) is 4.77. The van der Waals surface area contributed by atoms with E-state index in [4.69, 9.17) is 14.6 Å². The van der Waals surface area contributed by atoms with E-state index < -0.39 is 11.9 Å². The molecule has 0 heterocycles. The third kappa shape index (κ3) is 5.77. The standard InChI is InChI=1S/C20H30N2O5/c1-13(19(23)24)12-22(3)20(25)21-14(2)15-9-10-17(18(11-15)26-4)27-16-7-5-6-8-16/h9-11,13-14,16H,5-8,12H2,1-4H3,(H,21,25)(H,23,24). The number of carboxylic acids is 1. The van der Waals surface area contributed by atoms with Gasteiger partial charge in [0.05, 0.1) is 25.2 Å². The van der Waals surface area contributed by atoms with Crippen LogP contribution in [0.2, 0.25) is 0 Å². The van der Waals surface area contributed by atoms with E-state index in [1.165, 1.54) is 17.7 Å². The zero-order valence-electron chi connectivity index (χ0n) is 16.5. The molecule has 0 bridgehead atoms. The molecule has 2 amide bonds. The molecule has 2 atom stereocenters. The number of carboxylic acid groups (broad SMARTS) is 1. The molecular formula is C20H30N2O5. The van der Waals surface area contributed by atoms with Crippen molar-refractivity contribution in [3.8, 4) is 11.5 Å². The number of nitrogens with zero attached hydrogens (tertiary/aromatic N) is 1.